The number of nitrogens with one attached hydrogen (secondary N) is 1. The van der Waals surface area contributed by atoms with Gasteiger partial charge in [0.05, 0.1) is 10.2 Å². The predicted molar refractivity (Wildman–Crippen MR) is 128 cm³/mol. The molecule has 0 amide bonds. The van der Waals surface area contributed by atoms with Gasteiger partial charge < -0.3 is 14.8 Å². The molecule has 3 aromatic rings. The number of ether oxygens (including phenoxy) is 2. The third kappa shape index (κ3) is 6.03. The van der Waals surface area contributed by atoms with E-state index in [0.717, 1.165) is 36.4 Å². The van der Waals surface area contributed by atoms with Gasteiger partial charge in [0.2, 0.25) is 0 Å². The van der Waals surface area contributed by atoms with Gasteiger partial charge in [-0.05, 0) is 83.1 Å². The Hall–Kier alpha value is -1.44. The van der Waals surface area contributed by atoms with Crippen molar-refractivity contribution in [3.05, 3.63) is 84.9 Å². The minimum absolute atomic E-state index is 0.490. The van der Waals surface area contributed by atoms with Crippen molar-refractivity contribution in [3.63, 3.8) is 0 Å². The van der Waals surface area contributed by atoms with Gasteiger partial charge >= 0.3 is 0 Å². The lowest BCUT2D eigenvalue weighted by Crippen LogP contribution is -2.05. The van der Waals surface area contributed by atoms with E-state index in [-0.39, 0.29) is 0 Å². The highest BCUT2D eigenvalue weighted by Crippen LogP contribution is 2.35. The van der Waals surface area contributed by atoms with Crippen molar-refractivity contribution in [1.29, 1.82) is 0 Å². The number of benzene rings is 3. The fourth-order valence-electron chi connectivity index (χ4n) is 2.67. The van der Waals surface area contributed by atoms with Gasteiger partial charge in [-0.3, -0.25) is 0 Å². The van der Waals surface area contributed by atoms with Crippen LogP contribution in [-0.2, 0) is 13.2 Å². The zero-order valence-electron chi connectivity index (χ0n) is 15.3. The molecule has 146 valence electrons. The molecule has 0 aliphatic carbocycles. The Kier molecular flexibility index (Phi) is 7.88. The molecule has 0 radical (unpaired) electrons. The molecule has 0 saturated carbocycles. The molecule has 3 nitrogen and oxygen atoms in total. The molecule has 0 fully saturated rings. The molecule has 0 spiro atoms. The molecule has 0 aliphatic heterocycles. The second-order valence-electron chi connectivity index (χ2n) is 6.12. The smallest absolute Gasteiger partial charge is 0.174 e. The molecule has 1 N–H and O–H groups in total. The van der Waals surface area contributed by atoms with E-state index < -0.39 is 0 Å². The first kappa shape index (κ1) is 21.3. The van der Waals surface area contributed by atoms with Crippen LogP contribution >= 0.6 is 50.1 Å². The van der Waals surface area contributed by atoms with Gasteiger partial charge in [0, 0.05) is 21.7 Å². The molecule has 3 rings (SSSR count). The van der Waals surface area contributed by atoms with E-state index in [0.29, 0.717) is 24.8 Å². The summed E-state index contributed by atoms with van der Waals surface area (Å²) in [5.74, 6) is 1.53. The number of halogens is 3. The average Bonchev–Trinajstić information content (AvgIpc) is 2.67. The van der Waals surface area contributed by atoms with Gasteiger partial charge in [-0.1, -0.05) is 45.7 Å². The Morgan fingerprint density at radius 1 is 1.00 bits per heavy atom. The second-order valence-corrected chi connectivity index (χ2v) is 8.63. The summed E-state index contributed by atoms with van der Waals surface area (Å²) in [6.45, 7) is 3.71. The van der Waals surface area contributed by atoms with Crippen molar-refractivity contribution in [1.82, 2.24) is 0 Å². The lowest BCUT2D eigenvalue weighted by atomic mass is 10.2. The zero-order chi connectivity index (χ0) is 19.9. The predicted octanol–water partition coefficient (Wildman–Crippen LogP) is 7.30. The fraction of sp³-hybridized carbons (Fsp3) is 0.182. The molecule has 0 unspecified atom stereocenters. The Labute approximate surface area is 192 Å². The summed E-state index contributed by atoms with van der Waals surface area (Å²) in [5.41, 5.74) is 3.20. The lowest BCUT2D eigenvalue weighted by molar-refractivity contribution is 0.267. The van der Waals surface area contributed by atoms with E-state index in [4.69, 9.17) is 21.1 Å². The van der Waals surface area contributed by atoms with Crippen LogP contribution in [0.25, 0.3) is 0 Å². The van der Waals surface area contributed by atoms with Gasteiger partial charge in [-0.15, -0.1) is 0 Å². The SMILES string of the molecule is CCOc1cc(CNc2cccc(Cl)c2)cc(I)c1OCc1ccc(Br)cc1. The largest absolute Gasteiger partial charge is 0.490 e. The molecular weight excluding hydrogens is 553 g/mol. The Morgan fingerprint density at radius 2 is 1.79 bits per heavy atom. The van der Waals surface area contributed by atoms with Crippen LogP contribution in [0, 0.1) is 3.57 Å². The molecule has 0 aromatic heterocycles. The van der Waals surface area contributed by atoms with Gasteiger partial charge in [0.15, 0.2) is 11.5 Å². The van der Waals surface area contributed by atoms with Crippen LogP contribution in [-0.4, -0.2) is 6.61 Å². The maximum absolute atomic E-state index is 6.09. The van der Waals surface area contributed by atoms with E-state index in [1.165, 1.54) is 0 Å². The molecular formula is C22H20BrClINO2. The highest BCUT2D eigenvalue weighted by molar-refractivity contribution is 14.1. The van der Waals surface area contributed by atoms with Crippen molar-refractivity contribution in [3.8, 4) is 11.5 Å². The highest BCUT2D eigenvalue weighted by atomic mass is 127. The highest BCUT2D eigenvalue weighted by Gasteiger charge is 2.13. The molecule has 0 aliphatic rings. The van der Waals surface area contributed by atoms with Crippen LogP contribution in [0.15, 0.2) is 65.1 Å². The van der Waals surface area contributed by atoms with Crippen LogP contribution in [0.2, 0.25) is 5.02 Å². The summed E-state index contributed by atoms with van der Waals surface area (Å²) in [4.78, 5) is 0. The summed E-state index contributed by atoms with van der Waals surface area (Å²) >= 11 is 11.8. The zero-order valence-corrected chi connectivity index (χ0v) is 19.8. The quantitative estimate of drug-likeness (QED) is 0.288. The fourth-order valence-corrected chi connectivity index (χ4v) is 3.94. The first-order chi connectivity index (χ1) is 13.5. The van der Waals surface area contributed by atoms with E-state index in [9.17, 15) is 0 Å². The van der Waals surface area contributed by atoms with Crippen molar-refractivity contribution in [2.45, 2.75) is 20.1 Å². The van der Waals surface area contributed by atoms with Gasteiger partial charge in [0.25, 0.3) is 0 Å². The standard InChI is InChI=1S/C22H20BrClINO2/c1-2-27-21-11-16(13-26-19-5-3-4-18(24)12-19)10-20(25)22(21)28-14-15-6-8-17(23)9-7-15/h3-12,26H,2,13-14H2,1H3. The molecule has 3 aromatic carbocycles. The summed E-state index contributed by atoms with van der Waals surface area (Å²) < 4.78 is 14.0. The topological polar surface area (TPSA) is 30.5 Å². The summed E-state index contributed by atoms with van der Waals surface area (Å²) in [6.07, 6.45) is 0. The molecule has 0 heterocycles. The molecule has 0 atom stereocenters. The van der Waals surface area contributed by atoms with Gasteiger partial charge in [0.1, 0.15) is 6.61 Å². The van der Waals surface area contributed by atoms with Crippen LogP contribution in [0.1, 0.15) is 18.1 Å². The van der Waals surface area contributed by atoms with Crippen LogP contribution in [0.5, 0.6) is 11.5 Å². The number of hydrogen-bond acceptors (Lipinski definition) is 3. The van der Waals surface area contributed by atoms with Crippen LogP contribution in [0.4, 0.5) is 5.69 Å². The normalized spacial score (nSPS) is 10.6. The number of hydrogen-bond donors (Lipinski definition) is 1. The number of anilines is 1. The molecule has 0 bridgehead atoms. The van der Waals surface area contributed by atoms with Crippen LogP contribution in [0.3, 0.4) is 0 Å². The van der Waals surface area contributed by atoms with E-state index >= 15 is 0 Å². The van der Waals surface area contributed by atoms with E-state index in [1.807, 2.05) is 61.5 Å². The summed E-state index contributed by atoms with van der Waals surface area (Å²) in [6, 6.07) is 19.9. The maximum Gasteiger partial charge on any atom is 0.174 e. The number of rotatable bonds is 8. The van der Waals surface area contributed by atoms with Gasteiger partial charge in [-0.25, -0.2) is 0 Å². The van der Waals surface area contributed by atoms with Crippen molar-refractivity contribution in [2.24, 2.45) is 0 Å². The van der Waals surface area contributed by atoms with Crippen molar-refractivity contribution >= 4 is 55.8 Å². The maximum atomic E-state index is 6.09. The van der Waals surface area contributed by atoms with Crippen molar-refractivity contribution in [2.75, 3.05) is 11.9 Å². The molecule has 0 saturated heterocycles. The van der Waals surface area contributed by atoms with E-state index in [1.54, 1.807) is 0 Å². The van der Waals surface area contributed by atoms with Crippen LogP contribution < -0.4 is 14.8 Å². The molecule has 6 heteroatoms. The minimum atomic E-state index is 0.490. The average molecular weight is 573 g/mol. The van der Waals surface area contributed by atoms with E-state index in [2.05, 4.69) is 49.9 Å². The third-order valence-electron chi connectivity index (χ3n) is 3.99. The third-order valence-corrected chi connectivity index (χ3v) is 5.55. The molecule has 28 heavy (non-hydrogen) atoms. The second kappa shape index (κ2) is 10.4. The summed E-state index contributed by atoms with van der Waals surface area (Å²) in [5, 5.41) is 4.11. The summed E-state index contributed by atoms with van der Waals surface area (Å²) in [7, 11) is 0. The first-order valence-electron chi connectivity index (χ1n) is 8.87. The van der Waals surface area contributed by atoms with Crippen molar-refractivity contribution < 1.29 is 9.47 Å². The Morgan fingerprint density at radius 3 is 2.50 bits per heavy atom. The lowest BCUT2D eigenvalue weighted by Gasteiger charge is -2.16. The van der Waals surface area contributed by atoms with Gasteiger partial charge in [-0.2, -0.15) is 0 Å². The monoisotopic (exact) mass is 571 g/mol. The first-order valence-corrected chi connectivity index (χ1v) is 11.1. The Bertz CT molecular complexity index is 934. The Balaban J connectivity index is 1.74. The minimum Gasteiger partial charge on any atom is -0.490 e.